The van der Waals surface area contributed by atoms with Crippen molar-refractivity contribution in [2.75, 3.05) is 25.6 Å². The third-order valence-corrected chi connectivity index (χ3v) is 5.19. The van der Waals surface area contributed by atoms with Crippen molar-refractivity contribution in [1.29, 1.82) is 0 Å². The van der Waals surface area contributed by atoms with Gasteiger partial charge in [0.15, 0.2) is 11.5 Å². The molecule has 2 aromatic heterocycles. The van der Waals surface area contributed by atoms with Crippen LogP contribution in [0, 0.1) is 5.92 Å². The van der Waals surface area contributed by atoms with Gasteiger partial charge in [-0.1, -0.05) is 6.92 Å². The highest BCUT2D eigenvalue weighted by molar-refractivity contribution is 5.94. The molecule has 0 unspecified atom stereocenters. The zero-order chi connectivity index (χ0) is 20.2. The van der Waals surface area contributed by atoms with Gasteiger partial charge in [-0.2, -0.15) is 5.10 Å². The van der Waals surface area contributed by atoms with Crippen molar-refractivity contribution in [3.05, 3.63) is 42.0 Å². The van der Waals surface area contributed by atoms with Crippen LogP contribution in [0.4, 0.5) is 5.69 Å². The van der Waals surface area contributed by atoms with Gasteiger partial charge in [0.1, 0.15) is 11.6 Å². The number of fused-ring (bicyclic) bond motifs is 1. The first-order chi connectivity index (χ1) is 14.2. The number of hydrogen-bond acceptors (Lipinski definition) is 6. The number of ether oxygens (including phenoxy) is 2. The second-order valence-corrected chi connectivity index (χ2v) is 7.15. The summed E-state index contributed by atoms with van der Waals surface area (Å²) in [5.74, 6) is 0.359. The number of anilines is 1. The number of aryl methyl sites for hydroxylation is 2. The van der Waals surface area contributed by atoms with E-state index in [1.165, 1.54) is 0 Å². The van der Waals surface area contributed by atoms with Crippen LogP contribution in [0.1, 0.15) is 37.5 Å². The molecule has 0 aliphatic carbocycles. The minimum absolute atomic E-state index is 0.0595. The number of aromatic nitrogens is 3. The number of nitrogens with zero attached hydrogens (tertiary/aromatic N) is 3. The maximum Gasteiger partial charge on any atom is 0.230 e. The molecule has 8 nitrogen and oxygen atoms in total. The Morgan fingerprint density at radius 2 is 2.28 bits per heavy atom. The van der Waals surface area contributed by atoms with Crippen molar-refractivity contribution < 1.29 is 18.7 Å². The molecule has 1 aliphatic heterocycles. The molecule has 4 rings (SSSR count). The third-order valence-electron chi connectivity index (χ3n) is 5.19. The molecule has 0 spiro atoms. The number of amides is 1. The van der Waals surface area contributed by atoms with E-state index in [0.717, 1.165) is 36.2 Å². The number of benzene rings is 1. The first kappa shape index (κ1) is 19.6. The lowest BCUT2D eigenvalue weighted by Gasteiger charge is -2.19. The summed E-state index contributed by atoms with van der Waals surface area (Å²) >= 11 is 0. The van der Waals surface area contributed by atoms with Crippen molar-refractivity contribution in [3.8, 4) is 0 Å². The normalized spacial score (nSPS) is 19.1. The van der Waals surface area contributed by atoms with Crippen LogP contribution in [-0.4, -0.2) is 41.0 Å². The summed E-state index contributed by atoms with van der Waals surface area (Å²) in [5, 5.41) is 7.40. The molecule has 1 fully saturated rings. The van der Waals surface area contributed by atoms with Crippen LogP contribution in [0.15, 0.2) is 34.9 Å². The summed E-state index contributed by atoms with van der Waals surface area (Å²) in [7, 11) is 1.68. The minimum Gasteiger partial charge on any atom is -0.441 e. The maximum absolute atomic E-state index is 13.0. The summed E-state index contributed by atoms with van der Waals surface area (Å²) in [4.78, 5) is 17.4. The second kappa shape index (κ2) is 8.75. The van der Waals surface area contributed by atoms with Gasteiger partial charge >= 0.3 is 0 Å². The van der Waals surface area contributed by atoms with E-state index >= 15 is 0 Å². The molecular weight excluding hydrogens is 372 g/mol. The predicted molar refractivity (Wildman–Crippen MR) is 108 cm³/mol. The molecule has 154 valence electrons. The van der Waals surface area contributed by atoms with Gasteiger partial charge in [-0.05, 0) is 37.1 Å². The Morgan fingerprint density at radius 1 is 1.38 bits per heavy atom. The van der Waals surface area contributed by atoms with Crippen LogP contribution in [0.3, 0.4) is 0 Å². The molecule has 0 bridgehead atoms. The van der Waals surface area contributed by atoms with Crippen LogP contribution in [0.5, 0.6) is 0 Å². The highest BCUT2D eigenvalue weighted by Gasteiger charge is 2.37. The lowest BCUT2D eigenvalue weighted by atomic mass is 9.97. The fraction of sp³-hybridized carbons (Fsp3) is 0.476. The van der Waals surface area contributed by atoms with E-state index < -0.39 is 0 Å². The fourth-order valence-corrected chi connectivity index (χ4v) is 3.72. The first-order valence-electron chi connectivity index (χ1n) is 10.0. The lowest BCUT2D eigenvalue weighted by Crippen LogP contribution is -2.26. The van der Waals surface area contributed by atoms with Crippen molar-refractivity contribution in [2.24, 2.45) is 5.92 Å². The van der Waals surface area contributed by atoms with E-state index in [9.17, 15) is 4.79 Å². The molecule has 0 saturated carbocycles. The van der Waals surface area contributed by atoms with Crippen molar-refractivity contribution in [1.82, 2.24) is 14.8 Å². The molecule has 29 heavy (non-hydrogen) atoms. The second-order valence-electron chi connectivity index (χ2n) is 7.15. The minimum atomic E-state index is -0.303. The molecule has 0 radical (unpaired) electrons. The summed E-state index contributed by atoms with van der Waals surface area (Å²) in [5.41, 5.74) is 3.10. The van der Waals surface area contributed by atoms with E-state index in [1.807, 2.05) is 35.9 Å². The molecule has 1 N–H and O–H groups in total. The van der Waals surface area contributed by atoms with Crippen molar-refractivity contribution in [3.63, 3.8) is 0 Å². The van der Waals surface area contributed by atoms with Gasteiger partial charge < -0.3 is 19.2 Å². The lowest BCUT2D eigenvalue weighted by molar-refractivity contribution is -0.121. The number of rotatable bonds is 8. The Bertz CT molecular complexity index is 980. The van der Waals surface area contributed by atoms with Gasteiger partial charge in [-0.3, -0.25) is 9.48 Å². The Morgan fingerprint density at radius 3 is 3.10 bits per heavy atom. The topological polar surface area (TPSA) is 91.4 Å². The third kappa shape index (κ3) is 4.18. The number of nitrogens with one attached hydrogen (secondary N) is 1. The largest absolute Gasteiger partial charge is 0.441 e. The van der Waals surface area contributed by atoms with Crippen molar-refractivity contribution in [2.45, 2.75) is 38.8 Å². The predicted octanol–water partition coefficient (Wildman–Crippen LogP) is 3.34. The number of carbonyl (C=O) groups is 1. The summed E-state index contributed by atoms with van der Waals surface area (Å²) in [6.07, 6.45) is 3.71. The van der Waals surface area contributed by atoms with Crippen molar-refractivity contribution >= 4 is 22.7 Å². The Labute approximate surface area is 169 Å². The van der Waals surface area contributed by atoms with Gasteiger partial charge in [-0.25, -0.2) is 4.98 Å². The Hall–Kier alpha value is -2.71. The summed E-state index contributed by atoms with van der Waals surface area (Å²) < 4.78 is 18.6. The Kier molecular flexibility index (Phi) is 5.92. The first-order valence-corrected chi connectivity index (χ1v) is 10.0. The molecule has 1 saturated heterocycles. The number of carbonyl (C=O) groups excluding carboxylic acids is 1. The average Bonchev–Trinajstić information content (AvgIpc) is 3.46. The molecule has 8 heteroatoms. The molecule has 3 heterocycles. The number of oxazole rings is 1. The van der Waals surface area contributed by atoms with Gasteiger partial charge in [0.05, 0.1) is 11.6 Å². The molecule has 1 aliphatic rings. The van der Waals surface area contributed by atoms with E-state index in [1.54, 1.807) is 13.3 Å². The summed E-state index contributed by atoms with van der Waals surface area (Å²) in [6, 6.07) is 7.45. The quantitative estimate of drug-likeness (QED) is 0.585. The van der Waals surface area contributed by atoms with Crippen LogP contribution >= 0.6 is 0 Å². The molecule has 1 aromatic carbocycles. The van der Waals surface area contributed by atoms with Gasteiger partial charge in [0, 0.05) is 45.2 Å². The van der Waals surface area contributed by atoms with Crippen LogP contribution in [-0.2, 0) is 27.2 Å². The monoisotopic (exact) mass is 398 g/mol. The van der Waals surface area contributed by atoms with Crippen LogP contribution in [0.2, 0.25) is 0 Å². The molecule has 3 aromatic rings. The molecular formula is C21H26N4O4. The van der Waals surface area contributed by atoms with Gasteiger partial charge in [-0.15, -0.1) is 0 Å². The number of hydrogen-bond donors (Lipinski definition) is 1. The zero-order valence-corrected chi connectivity index (χ0v) is 16.8. The van der Waals surface area contributed by atoms with E-state index in [0.29, 0.717) is 31.2 Å². The highest BCUT2D eigenvalue weighted by Crippen LogP contribution is 2.35. The summed E-state index contributed by atoms with van der Waals surface area (Å²) in [6.45, 7) is 3.94. The zero-order valence-electron chi connectivity index (χ0n) is 16.8. The van der Waals surface area contributed by atoms with Gasteiger partial charge in [0.25, 0.3) is 0 Å². The Balaban J connectivity index is 1.47. The SMILES string of the molecule is CCc1nc2cc(NC(=O)[C@H]3CCO[C@@H]3c3ccnn3CCCOC)ccc2o1. The maximum atomic E-state index is 13.0. The van der Waals surface area contributed by atoms with E-state index in [-0.39, 0.29) is 17.9 Å². The molecule has 2 atom stereocenters. The molecule has 1 amide bonds. The average molecular weight is 398 g/mol. The number of methoxy groups -OCH3 is 1. The van der Waals surface area contributed by atoms with Crippen LogP contribution in [0.25, 0.3) is 11.1 Å². The fourth-order valence-electron chi connectivity index (χ4n) is 3.72. The van der Waals surface area contributed by atoms with Gasteiger partial charge in [0.2, 0.25) is 5.91 Å². The van der Waals surface area contributed by atoms with E-state index in [2.05, 4.69) is 15.4 Å². The highest BCUT2D eigenvalue weighted by atomic mass is 16.5. The standard InChI is InChI=1S/C21H26N4O4/c1-3-19-24-16-13-14(5-6-18(16)29-19)23-21(26)15-8-12-28-20(15)17-7-9-22-25(17)10-4-11-27-2/h5-7,9,13,15,20H,3-4,8,10-12H2,1-2H3,(H,23,26)/t15-,20-/m0/s1. The van der Waals surface area contributed by atoms with Crippen LogP contribution < -0.4 is 5.32 Å². The van der Waals surface area contributed by atoms with E-state index in [4.69, 9.17) is 13.9 Å². The smallest absolute Gasteiger partial charge is 0.230 e.